The Morgan fingerprint density at radius 3 is 1.69 bits per heavy atom. The molecule has 0 amide bonds. The van der Waals surface area contributed by atoms with Gasteiger partial charge >= 0.3 is 5.97 Å². The molecule has 0 unspecified atom stereocenters. The van der Waals surface area contributed by atoms with Gasteiger partial charge in [-0.15, -0.1) is 6.58 Å². The fourth-order valence-electron chi connectivity index (χ4n) is 3.76. The Labute approximate surface area is 214 Å². The van der Waals surface area contributed by atoms with Crippen molar-refractivity contribution in [3.63, 3.8) is 0 Å². The fraction of sp³-hybridized carbons (Fsp3) is 0.424. The maximum atomic E-state index is 11.1. The Kier molecular flexibility index (Phi) is 19.7. The van der Waals surface area contributed by atoms with Crippen LogP contribution in [0.25, 0.3) is 0 Å². The zero-order valence-electron chi connectivity index (χ0n) is 21.7. The highest BCUT2D eigenvalue weighted by atomic mass is 16.5. The molecule has 0 heterocycles. The topological polar surface area (TPSA) is 26.3 Å². The van der Waals surface area contributed by atoms with Crippen molar-refractivity contribution in [1.29, 1.82) is 0 Å². The van der Waals surface area contributed by atoms with Crippen LogP contribution in [0.15, 0.2) is 98.1 Å². The maximum absolute atomic E-state index is 11.1. The molecule has 0 spiro atoms. The van der Waals surface area contributed by atoms with E-state index in [1.807, 2.05) is 30.4 Å². The highest BCUT2D eigenvalue weighted by Gasteiger charge is 1.95. The van der Waals surface area contributed by atoms with Crippen molar-refractivity contribution in [3.05, 3.63) is 109 Å². The molecule has 2 heteroatoms. The lowest BCUT2D eigenvalue weighted by molar-refractivity contribution is -0.136. The summed E-state index contributed by atoms with van der Waals surface area (Å²) in [4.78, 5) is 11.1. The lowest BCUT2D eigenvalue weighted by Gasteiger charge is -2.02. The van der Waals surface area contributed by atoms with Crippen LogP contribution in [-0.2, 0) is 22.4 Å². The molecule has 0 saturated carbocycles. The van der Waals surface area contributed by atoms with Gasteiger partial charge in [0, 0.05) is 6.08 Å². The Balaban J connectivity index is 0.000000351. The van der Waals surface area contributed by atoms with Crippen molar-refractivity contribution in [3.8, 4) is 0 Å². The average molecular weight is 475 g/mol. The number of unbranched alkanes of at least 4 members (excludes halogenated alkanes) is 9. The van der Waals surface area contributed by atoms with Crippen molar-refractivity contribution in [1.82, 2.24) is 0 Å². The number of hydrogen-bond donors (Lipinski definition) is 0. The number of esters is 1. The summed E-state index contributed by atoms with van der Waals surface area (Å²) in [6.07, 6.45) is 23.4. The van der Waals surface area contributed by atoms with E-state index in [1.54, 1.807) is 6.08 Å². The highest BCUT2D eigenvalue weighted by molar-refractivity contribution is 5.81. The molecule has 0 fully saturated rings. The predicted molar refractivity (Wildman–Crippen MR) is 152 cm³/mol. The van der Waals surface area contributed by atoms with Crippen molar-refractivity contribution in [2.45, 2.75) is 83.5 Å². The van der Waals surface area contributed by atoms with E-state index in [0.717, 1.165) is 19.3 Å². The smallest absolute Gasteiger partial charge is 0.330 e. The first-order valence-electron chi connectivity index (χ1n) is 13.4. The largest absolute Gasteiger partial charge is 0.458 e. The summed E-state index contributed by atoms with van der Waals surface area (Å²) in [5.41, 5.74) is 2.82. The Morgan fingerprint density at radius 1 is 0.629 bits per heavy atom. The SMILES string of the molecule is C=CCCCCCCCCCCc1ccccc1.C=CCOC(=O)C=CCCCc1ccccc1. The standard InChI is InChI=1S/C18H28.C15H18O2/c1-2-3-4-5-6-7-8-9-10-12-15-18-16-13-11-14-17-18;1-2-13-17-15(16)12-8-4-7-11-14-9-5-3-6-10-14/h2,11,13-14,16-17H,1,3-10,12,15H2;2-3,5-6,8-10,12H,1,4,7,11,13H2. The molecule has 2 aromatic rings. The van der Waals surface area contributed by atoms with Gasteiger partial charge < -0.3 is 4.74 Å². The first kappa shape index (κ1) is 30.2. The zero-order chi connectivity index (χ0) is 25.2. The van der Waals surface area contributed by atoms with Crippen LogP contribution < -0.4 is 0 Å². The third-order valence-corrected chi connectivity index (χ3v) is 5.74. The first-order valence-corrected chi connectivity index (χ1v) is 13.4. The first-order chi connectivity index (χ1) is 17.3. The van der Waals surface area contributed by atoms with Crippen LogP contribution in [0.2, 0.25) is 0 Å². The number of rotatable bonds is 18. The summed E-state index contributed by atoms with van der Waals surface area (Å²) >= 11 is 0. The van der Waals surface area contributed by atoms with Gasteiger partial charge in [0.25, 0.3) is 0 Å². The molecule has 0 aromatic heterocycles. The molecule has 0 bridgehead atoms. The third kappa shape index (κ3) is 19.2. The Hall–Kier alpha value is -2.87. The number of benzene rings is 2. The lowest BCUT2D eigenvalue weighted by atomic mass is 10.0. The van der Waals surface area contributed by atoms with Crippen LogP contribution in [-0.4, -0.2) is 12.6 Å². The predicted octanol–water partition coefficient (Wildman–Crippen LogP) is 9.22. The number of carbonyl (C=O) groups excluding carboxylic acids is 1. The summed E-state index contributed by atoms with van der Waals surface area (Å²) in [5.74, 6) is -0.301. The molecule has 0 aliphatic carbocycles. The van der Waals surface area contributed by atoms with Gasteiger partial charge in [-0.25, -0.2) is 4.79 Å². The number of hydrogen-bond acceptors (Lipinski definition) is 2. The molecule has 2 nitrogen and oxygen atoms in total. The second-order valence-corrected chi connectivity index (χ2v) is 8.84. The lowest BCUT2D eigenvalue weighted by Crippen LogP contribution is -1.99. The summed E-state index contributed by atoms with van der Waals surface area (Å²) in [6, 6.07) is 21.2. The minimum Gasteiger partial charge on any atom is -0.458 e. The van der Waals surface area contributed by atoms with E-state index in [2.05, 4.69) is 55.6 Å². The molecule has 190 valence electrons. The van der Waals surface area contributed by atoms with Crippen molar-refractivity contribution in [2.75, 3.05) is 6.61 Å². The van der Waals surface area contributed by atoms with Gasteiger partial charge in [-0.1, -0.05) is 124 Å². The molecule has 35 heavy (non-hydrogen) atoms. The molecular formula is C33H46O2. The van der Waals surface area contributed by atoms with E-state index in [-0.39, 0.29) is 12.6 Å². The number of aryl methyl sites for hydroxylation is 2. The number of allylic oxidation sites excluding steroid dienone is 2. The minimum atomic E-state index is -0.301. The van der Waals surface area contributed by atoms with E-state index in [9.17, 15) is 4.79 Å². The van der Waals surface area contributed by atoms with Crippen LogP contribution in [0.3, 0.4) is 0 Å². The Morgan fingerprint density at radius 2 is 1.14 bits per heavy atom. The summed E-state index contributed by atoms with van der Waals surface area (Å²) in [6.45, 7) is 7.50. The summed E-state index contributed by atoms with van der Waals surface area (Å²) in [5, 5.41) is 0. The van der Waals surface area contributed by atoms with Crippen molar-refractivity contribution < 1.29 is 9.53 Å². The minimum absolute atomic E-state index is 0.271. The van der Waals surface area contributed by atoms with E-state index in [0.29, 0.717) is 0 Å². The van der Waals surface area contributed by atoms with Crippen LogP contribution in [0, 0.1) is 0 Å². The highest BCUT2D eigenvalue weighted by Crippen LogP contribution is 2.12. The van der Waals surface area contributed by atoms with Crippen LogP contribution in [0.1, 0.15) is 81.8 Å². The van der Waals surface area contributed by atoms with Gasteiger partial charge in [-0.2, -0.15) is 0 Å². The number of ether oxygens (including phenoxy) is 1. The quantitative estimate of drug-likeness (QED) is 0.0931. The molecule has 0 aliphatic heterocycles. The maximum Gasteiger partial charge on any atom is 0.330 e. The molecule has 0 atom stereocenters. The monoisotopic (exact) mass is 474 g/mol. The molecule has 0 saturated heterocycles. The van der Waals surface area contributed by atoms with Gasteiger partial charge in [0.1, 0.15) is 6.61 Å². The second kappa shape index (κ2) is 22.9. The van der Waals surface area contributed by atoms with Crippen LogP contribution in [0.5, 0.6) is 0 Å². The second-order valence-electron chi connectivity index (χ2n) is 8.84. The molecule has 2 rings (SSSR count). The molecule has 0 N–H and O–H groups in total. The number of carbonyl (C=O) groups is 1. The third-order valence-electron chi connectivity index (χ3n) is 5.74. The molecular weight excluding hydrogens is 428 g/mol. The molecule has 2 aromatic carbocycles. The molecule has 0 radical (unpaired) electrons. The van der Waals surface area contributed by atoms with Crippen molar-refractivity contribution in [2.24, 2.45) is 0 Å². The summed E-state index contributed by atoms with van der Waals surface area (Å²) in [7, 11) is 0. The Bertz CT molecular complexity index is 792. The van der Waals surface area contributed by atoms with Gasteiger partial charge in [0.15, 0.2) is 0 Å². The van der Waals surface area contributed by atoms with E-state index in [4.69, 9.17) is 4.74 Å². The van der Waals surface area contributed by atoms with Gasteiger partial charge in [-0.05, 0) is 56.1 Å². The van der Waals surface area contributed by atoms with Gasteiger partial charge in [0.05, 0.1) is 0 Å². The van der Waals surface area contributed by atoms with Crippen LogP contribution >= 0.6 is 0 Å². The fourth-order valence-corrected chi connectivity index (χ4v) is 3.76. The zero-order valence-corrected chi connectivity index (χ0v) is 21.7. The summed E-state index contributed by atoms with van der Waals surface area (Å²) < 4.78 is 4.81. The van der Waals surface area contributed by atoms with E-state index >= 15 is 0 Å². The average Bonchev–Trinajstić information content (AvgIpc) is 2.90. The van der Waals surface area contributed by atoms with Gasteiger partial charge in [0.2, 0.25) is 0 Å². The normalized spacial score (nSPS) is 10.4. The van der Waals surface area contributed by atoms with E-state index in [1.165, 1.54) is 81.4 Å². The van der Waals surface area contributed by atoms with Crippen LogP contribution in [0.4, 0.5) is 0 Å². The van der Waals surface area contributed by atoms with Crippen molar-refractivity contribution >= 4 is 5.97 Å². The molecule has 0 aliphatic rings. The van der Waals surface area contributed by atoms with Gasteiger partial charge in [-0.3, -0.25) is 0 Å². The van der Waals surface area contributed by atoms with E-state index < -0.39 is 0 Å².